The topological polar surface area (TPSA) is 62.6 Å². The predicted octanol–water partition coefficient (Wildman–Crippen LogP) is 3.44. The second kappa shape index (κ2) is 8.44. The number of benzene rings is 1. The zero-order valence-electron chi connectivity index (χ0n) is 13.9. The summed E-state index contributed by atoms with van der Waals surface area (Å²) in [6.07, 6.45) is 1.42. The Morgan fingerprint density at radius 1 is 1.12 bits per heavy atom. The molecule has 2 heterocycles. The van der Waals surface area contributed by atoms with E-state index in [9.17, 15) is 14.0 Å². The second-order valence-corrected chi connectivity index (χ2v) is 6.65. The molecule has 1 N–H and O–H groups in total. The summed E-state index contributed by atoms with van der Waals surface area (Å²) in [5.74, 6) is -0.787. The first-order valence-electron chi connectivity index (χ1n) is 7.98. The number of nitrogens with zero attached hydrogens (tertiary/aromatic N) is 1. The van der Waals surface area contributed by atoms with Crippen LogP contribution >= 0.6 is 11.3 Å². The molecule has 134 valence electrons. The molecule has 3 aromatic rings. The van der Waals surface area contributed by atoms with Gasteiger partial charge in [0.05, 0.1) is 12.8 Å². The summed E-state index contributed by atoms with van der Waals surface area (Å²) < 4.78 is 18.1. The van der Waals surface area contributed by atoms with E-state index in [2.05, 4.69) is 5.32 Å². The molecule has 0 spiro atoms. The average molecular weight is 372 g/mol. The fraction of sp³-hybridized carbons (Fsp3) is 0.158. The molecule has 0 saturated heterocycles. The van der Waals surface area contributed by atoms with Gasteiger partial charge in [-0.25, -0.2) is 4.39 Å². The van der Waals surface area contributed by atoms with Gasteiger partial charge in [0.2, 0.25) is 5.91 Å². The highest BCUT2D eigenvalue weighted by Crippen LogP contribution is 2.15. The monoisotopic (exact) mass is 372 g/mol. The number of halogens is 1. The summed E-state index contributed by atoms with van der Waals surface area (Å²) in [5.41, 5.74) is 0.780. The molecule has 0 fully saturated rings. The Balaban J connectivity index is 1.63. The Hall–Kier alpha value is -2.93. The number of amides is 2. The maximum Gasteiger partial charge on any atom is 0.290 e. The molecule has 0 atom stereocenters. The van der Waals surface area contributed by atoms with E-state index in [1.54, 1.807) is 24.3 Å². The molecule has 1 aromatic carbocycles. The summed E-state index contributed by atoms with van der Waals surface area (Å²) in [4.78, 5) is 27.3. The molecule has 0 aliphatic heterocycles. The van der Waals surface area contributed by atoms with Crippen molar-refractivity contribution in [2.45, 2.75) is 13.1 Å². The van der Waals surface area contributed by atoms with E-state index < -0.39 is 0 Å². The number of hydrogen-bond acceptors (Lipinski definition) is 4. The zero-order valence-corrected chi connectivity index (χ0v) is 14.7. The van der Waals surface area contributed by atoms with E-state index in [1.807, 2.05) is 17.5 Å². The van der Waals surface area contributed by atoms with Gasteiger partial charge < -0.3 is 14.6 Å². The Labute approximate surface area is 154 Å². The molecule has 0 saturated carbocycles. The molecular formula is C19H17FN2O3S. The predicted molar refractivity (Wildman–Crippen MR) is 96.0 cm³/mol. The minimum Gasteiger partial charge on any atom is -0.459 e. The van der Waals surface area contributed by atoms with Crippen molar-refractivity contribution in [3.8, 4) is 0 Å². The van der Waals surface area contributed by atoms with Gasteiger partial charge in [0.25, 0.3) is 5.91 Å². The van der Waals surface area contributed by atoms with Gasteiger partial charge >= 0.3 is 0 Å². The van der Waals surface area contributed by atoms with Crippen LogP contribution in [0.5, 0.6) is 0 Å². The standard InChI is InChI=1S/C19H17FN2O3S/c20-15-7-5-14(6-8-15)11-21-18(23)13-22(12-16-3-2-10-26-16)19(24)17-4-1-9-25-17/h1-10H,11-13H2,(H,21,23). The normalized spacial score (nSPS) is 10.5. The van der Waals surface area contributed by atoms with Crippen LogP contribution in [-0.2, 0) is 17.9 Å². The Morgan fingerprint density at radius 2 is 1.92 bits per heavy atom. The van der Waals surface area contributed by atoms with Crippen LogP contribution in [-0.4, -0.2) is 23.3 Å². The van der Waals surface area contributed by atoms with Crippen LogP contribution in [0.25, 0.3) is 0 Å². The van der Waals surface area contributed by atoms with E-state index in [-0.39, 0.29) is 36.5 Å². The zero-order chi connectivity index (χ0) is 18.4. The van der Waals surface area contributed by atoms with Gasteiger partial charge in [0.15, 0.2) is 5.76 Å². The van der Waals surface area contributed by atoms with Gasteiger partial charge in [-0.2, -0.15) is 0 Å². The molecule has 7 heteroatoms. The van der Waals surface area contributed by atoms with E-state index in [0.717, 1.165) is 10.4 Å². The first kappa shape index (κ1) is 17.9. The van der Waals surface area contributed by atoms with Crippen LogP contribution in [0.2, 0.25) is 0 Å². The van der Waals surface area contributed by atoms with Crippen LogP contribution in [0.3, 0.4) is 0 Å². The third-order valence-corrected chi connectivity index (χ3v) is 4.54. The van der Waals surface area contributed by atoms with Crippen LogP contribution in [0.15, 0.2) is 64.6 Å². The molecule has 3 rings (SSSR count). The van der Waals surface area contributed by atoms with Gasteiger partial charge in [0.1, 0.15) is 12.4 Å². The van der Waals surface area contributed by atoms with Gasteiger partial charge in [-0.1, -0.05) is 18.2 Å². The van der Waals surface area contributed by atoms with E-state index in [1.165, 1.54) is 34.6 Å². The number of carbonyl (C=O) groups is 2. The van der Waals surface area contributed by atoms with Gasteiger partial charge in [-0.3, -0.25) is 9.59 Å². The lowest BCUT2D eigenvalue weighted by molar-refractivity contribution is -0.122. The number of rotatable bonds is 7. The Morgan fingerprint density at radius 3 is 2.58 bits per heavy atom. The maximum absolute atomic E-state index is 12.9. The summed E-state index contributed by atoms with van der Waals surface area (Å²) >= 11 is 1.51. The lowest BCUT2D eigenvalue weighted by Gasteiger charge is -2.20. The smallest absolute Gasteiger partial charge is 0.290 e. The summed E-state index contributed by atoms with van der Waals surface area (Å²) in [7, 11) is 0. The number of hydrogen-bond donors (Lipinski definition) is 1. The average Bonchev–Trinajstić information content (AvgIpc) is 3.34. The Kier molecular flexibility index (Phi) is 5.80. The third kappa shape index (κ3) is 4.80. The van der Waals surface area contributed by atoms with Crippen LogP contribution in [0, 0.1) is 5.82 Å². The molecule has 2 aromatic heterocycles. The minimum absolute atomic E-state index is 0.0986. The SMILES string of the molecule is O=C(CN(Cc1cccs1)C(=O)c1ccco1)NCc1ccc(F)cc1. The molecular weight excluding hydrogens is 355 g/mol. The number of thiophene rings is 1. The first-order valence-corrected chi connectivity index (χ1v) is 8.86. The Bertz CT molecular complexity index is 846. The van der Waals surface area contributed by atoms with Crippen molar-refractivity contribution in [3.05, 3.63) is 82.2 Å². The first-order chi connectivity index (χ1) is 12.6. The number of nitrogens with one attached hydrogen (secondary N) is 1. The van der Waals surface area contributed by atoms with Crippen molar-refractivity contribution >= 4 is 23.2 Å². The number of furan rings is 1. The molecule has 2 amide bonds. The van der Waals surface area contributed by atoms with Crippen molar-refractivity contribution in [1.29, 1.82) is 0 Å². The molecule has 0 aliphatic carbocycles. The van der Waals surface area contributed by atoms with Gasteiger partial charge in [0, 0.05) is 11.4 Å². The third-order valence-electron chi connectivity index (χ3n) is 3.68. The lowest BCUT2D eigenvalue weighted by Crippen LogP contribution is -2.39. The molecule has 5 nitrogen and oxygen atoms in total. The molecule has 0 aliphatic rings. The van der Waals surface area contributed by atoms with Crippen LogP contribution in [0.1, 0.15) is 21.0 Å². The highest BCUT2D eigenvalue weighted by atomic mass is 32.1. The largest absolute Gasteiger partial charge is 0.459 e. The van der Waals surface area contributed by atoms with Crippen LogP contribution < -0.4 is 5.32 Å². The minimum atomic E-state index is -0.347. The molecule has 26 heavy (non-hydrogen) atoms. The molecule has 0 unspecified atom stereocenters. The number of carbonyl (C=O) groups excluding carboxylic acids is 2. The van der Waals surface area contributed by atoms with Crippen molar-refractivity contribution in [2.24, 2.45) is 0 Å². The van der Waals surface area contributed by atoms with Crippen molar-refractivity contribution in [3.63, 3.8) is 0 Å². The van der Waals surface area contributed by atoms with Crippen molar-refractivity contribution < 1.29 is 18.4 Å². The quantitative estimate of drug-likeness (QED) is 0.691. The summed E-state index contributed by atoms with van der Waals surface area (Å²) in [6.45, 7) is 0.487. The van der Waals surface area contributed by atoms with Crippen LogP contribution in [0.4, 0.5) is 4.39 Å². The fourth-order valence-corrected chi connectivity index (χ4v) is 3.10. The summed E-state index contributed by atoms with van der Waals surface area (Å²) in [5, 5.41) is 4.66. The fourth-order valence-electron chi connectivity index (χ4n) is 2.38. The maximum atomic E-state index is 12.9. The highest BCUT2D eigenvalue weighted by molar-refractivity contribution is 7.09. The van der Waals surface area contributed by atoms with E-state index >= 15 is 0 Å². The second-order valence-electron chi connectivity index (χ2n) is 5.62. The van der Waals surface area contributed by atoms with Crippen molar-refractivity contribution in [2.75, 3.05) is 6.54 Å². The van der Waals surface area contributed by atoms with Gasteiger partial charge in [-0.15, -0.1) is 11.3 Å². The van der Waals surface area contributed by atoms with E-state index in [4.69, 9.17) is 4.42 Å². The van der Waals surface area contributed by atoms with Gasteiger partial charge in [-0.05, 0) is 41.3 Å². The van der Waals surface area contributed by atoms with E-state index in [0.29, 0.717) is 6.54 Å². The van der Waals surface area contributed by atoms with Crippen molar-refractivity contribution in [1.82, 2.24) is 10.2 Å². The molecule has 0 bridgehead atoms. The highest BCUT2D eigenvalue weighted by Gasteiger charge is 2.21. The summed E-state index contributed by atoms with van der Waals surface area (Å²) in [6, 6.07) is 12.9. The lowest BCUT2D eigenvalue weighted by atomic mass is 10.2. The molecule has 0 radical (unpaired) electrons.